The summed E-state index contributed by atoms with van der Waals surface area (Å²) in [5.74, 6) is 0. The standard InChI is InChI=1S/C7H8.ClH.Mo/c1-7-5-3-2-4-6-7;;/h2-6H,1H3;1H;. The van der Waals surface area contributed by atoms with Gasteiger partial charge in [0.1, 0.15) is 0 Å². The van der Waals surface area contributed by atoms with Crippen molar-refractivity contribution in [3.05, 3.63) is 35.9 Å². The summed E-state index contributed by atoms with van der Waals surface area (Å²) in [4.78, 5) is 0. The van der Waals surface area contributed by atoms with Gasteiger partial charge in [0.15, 0.2) is 0 Å². The zero-order chi connectivity index (χ0) is 5.11. The van der Waals surface area contributed by atoms with E-state index in [1.807, 2.05) is 18.2 Å². The third-order valence-corrected chi connectivity index (χ3v) is 0.940. The Balaban J connectivity index is 0. The normalized spacial score (nSPS) is 6.78. The zero-order valence-electron chi connectivity index (χ0n) is 5.20. The fraction of sp³-hybridized carbons (Fsp3) is 0.143. The van der Waals surface area contributed by atoms with E-state index in [4.69, 9.17) is 0 Å². The molecule has 0 radical (unpaired) electrons. The first-order valence-corrected chi connectivity index (χ1v) is 2.41. The molecule has 0 aromatic heterocycles. The number of aryl methyl sites for hydroxylation is 1. The summed E-state index contributed by atoms with van der Waals surface area (Å²) in [6.45, 7) is 2.08. The van der Waals surface area contributed by atoms with Crippen LogP contribution in [0.5, 0.6) is 0 Å². The van der Waals surface area contributed by atoms with Crippen LogP contribution in [0.4, 0.5) is 0 Å². The van der Waals surface area contributed by atoms with Gasteiger partial charge in [-0.1, -0.05) is 35.9 Å². The molecule has 0 atom stereocenters. The summed E-state index contributed by atoms with van der Waals surface area (Å²) in [5, 5.41) is 0. The molecule has 0 spiro atoms. The van der Waals surface area contributed by atoms with Crippen LogP contribution in [-0.4, -0.2) is 0 Å². The van der Waals surface area contributed by atoms with Crippen LogP contribution in [0.3, 0.4) is 0 Å². The smallest absolute Gasteiger partial charge is 0 e. The molecular formula is C7H9ClMo. The SMILES string of the molecule is Cc1ccccc1.Cl.[Mo]. The van der Waals surface area contributed by atoms with Crippen molar-refractivity contribution in [2.75, 3.05) is 0 Å². The van der Waals surface area contributed by atoms with Gasteiger partial charge in [-0.05, 0) is 6.92 Å². The average Bonchev–Trinajstić information content (AvgIpc) is 1.69. The number of rotatable bonds is 0. The minimum Gasteiger partial charge on any atom is -0.147 e. The minimum absolute atomic E-state index is 0. The second kappa shape index (κ2) is 6.32. The van der Waals surface area contributed by atoms with Gasteiger partial charge in [0.2, 0.25) is 0 Å². The van der Waals surface area contributed by atoms with Gasteiger partial charge in [0.05, 0.1) is 0 Å². The Labute approximate surface area is 76.3 Å². The average molecular weight is 225 g/mol. The Morgan fingerprint density at radius 1 is 1.00 bits per heavy atom. The minimum atomic E-state index is 0. The molecule has 0 aliphatic rings. The predicted molar refractivity (Wildman–Crippen MR) is 38.4 cm³/mol. The number of hydrogen-bond donors (Lipinski definition) is 0. The summed E-state index contributed by atoms with van der Waals surface area (Å²) in [6, 6.07) is 10.3. The maximum absolute atomic E-state index is 2.08. The number of benzene rings is 1. The van der Waals surface area contributed by atoms with Gasteiger partial charge >= 0.3 is 0 Å². The van der Waals surface area contributed by atoms with Crippen molar-refractivity contribution in [2.24, 2.45) is 0 Å². The van der Waals surface area contributed by atoms with Crippen molar-refractivity contribution < 1.29 is 21.1 Å². The van der Waals surface area contributed by atoms with Gasteiger partial charge in [-0.25, -0.2) is 0 Å². The molecule has 1 rings (SSSR count). The van der Waals surface area contributed by atoms with Crippen LogP contribution >= 0.6 is 12.4 Å². The maximum Gasteiger partial charge on any atom is 0 e. The molecule has 0 amide bonds. The van der Waals surface area contributed by atoms with Gasteiger partial charge in [-0.3, -0.25) is 0 Å². The number of hydrogen-bond acceptors (Lipinski definition) is 0. The third kappa shape index (κ3) is 4.69. The summed E-state index contributed by atoms with van der Waals surface area (Å²) < 4.78 is 0. The van der Waals surface area contributed by atoms with E-state index in [9.17, 15) is 0 Å². The Morgan fingerprint density at radius 2 is 1.44 bits per heavy atom. The molecule has 0 nitrogen and oxygen atoms in total. The molecule has 2 heteroatoms. The molecule has 0 N–H and O–H groups in total. The van der Waals surface area contributed by atoms with Crippen LogP contribution in [-0.2, 0) is 21.1 Å². The Morgan fingerprint density at radius 3 is 1.67 bits per heavy atom. The van der Waals surface area contributed by atoms with E-state index in [1.165, 1.54) is 5.56 Å². The molecule has 0 unspecified atom stereocenters. The topological polar surface area (TPSA) is 0 Å². The molecule has 0 bridgehead atoms. The maximum atomic E-state index is 2.08. The predicted octanol–water partition coefficient (Wildman–Crippen LogP) is 2.41. The molecule has 1 aromatic carbocycles. The molecule has 0 saturated heterocycles. The van der Waals surface area contributed by atoms with Crippen LogP contribution in [0.15, 0.2) is 30.3 Å². The van der Waals surface area contributed by atoms with Crippen LogP contribution < -0.4 is 0 Å². The van der Waals surface area contributed by atoms with Gasteiger partial charge in [-0.2, -0.15) is 0 Å². The first-order valence-electron chi connectivity index (χ1n) is 2.41. The Bertz CT molecular complexity index is 139. The molecule has 0 heterocycles. The van der Waals surface area contributed by atoms with E-state index in [-0.39, 0.29) is 33.5 Å². The molecule has 50 valence electrons. The van der Waals surface area contributed by atoms with E-state index in [1.54, 1.807) is 0 Å². The molecule has 0 aliphatic heterocycles. The summed E-state index contributed by atoms with van der Waals surface area (Å²) in [7, 11) is 0. The van der Waals surface area contributed by atoms with Crippen molar-refractivity contribution in [3.8, 4) is 0 Å². The second-order valence-corrected chi connectivity index (χ2v) is 1.65. The van der Waals surface area contributed by atoms with E-state index in [0.29, 0.717) is 0 Å². The van der Waals surface area contributed by atoms with Crippen LogP contribution in [0.2, 0.25) is 0 Å². The van der Waals surface area contributed by atoms with Crippen LogP contribution in [0, 0.1) is 6.92 Å². The van der Waals surface area contributed by atoms with Gasteiger partial charge in [0.25, 0.3) is 0 Å². The Hall–Kier alpha value is 0.198. The summed E-state index contributed by atoms with van der Waals surface area (Å²) in [5.41, 5.74) is 1.32. The summed E-state index contributed by atoms with van der Waals surface area (Å²) >= 11 is 0. The van der Waals surface area contributed by atoms with Crippen molar-refractivity contribution in [1.29, 1.82) is 0 Å². The fourth-order valence-electron chi connectivity index (χ4n) is 0.534. The molecule has 0 fully saturated rings. The van der Waals surface area contributed by atoms with E-state index >= 15 is 0 Å². The molecule has 0 saturated carbocycles. The molecule has 1 aromatic rings. The van der Waals surface area contributed by atoms with Crippen molar-refractivity contribution in [2.45, 2.75) is 6.92 Å². The fourth-order valence-corrected chi connectivity index (χ4v) is 0.534. The van der Waals surface area contributed by atoms with Gasteiger partial charge in [-0.15, -0.1) is 12.4 Å². The first-order chi connectivity index (χ1) is 3.39. The van der Waals surface area contributed by atoms with E-state index in [0.717, 1.165) is 0 Å². The zero-order valence-corrected chi connectivity index (χ0v) is 8.03. The van der Waals surface area contributed by atoms with Crippen molar-refractivity contribution in [3.63, 3.8) is 0 Å². The largest absolute Gasteiger partial charge is 0.147 e. The van der Waals surface area contributed by atoms with Crippen molar-refractivity contribution >= 4 is 12.4 Å². The first kappa shape index (κ1) is 11.9. The van der Waals surface area contributed by atoms with E-state index < -0.39 is 0 Å². The van der Waals surface area contributed by atoms with Crippen LogP contribution in [0.1, 0.15) is 5.56 Å². The van der Waals surface area contributed by atoms with Crippen LogP contribution in [0.25, 0.3) is 0 Å². The molecular weight excluding hydrogens is 215 g/mol. The monoisotopic (exact) mass is 226 g/mol. The van der Waals surface area contributed by atoms with Gasteiger partial charge < -0.3 is 0 Å². The van der Waals surface area contributed by atoms with E-state index in [2.05, 4.69) is 19.1 Å². The molecule has 0 aliphatic carbocycles. The Kier molecular flexibility index (Phi) is 8.38. The van der Waals surface area contributed by atoms with Crippen molar-refractivity contribution in [1.82, 2.24) is 0 Å². The quantitative estimate of drug-likeness (QED) is 0.594. The molecule has 9 heavy (non-hydrogen) atoms. The summed E-state index contributed by atoms with van der Waals surface area (Å²) in [6.07, 6.45) is 0. The number of halogens is 1. The third-order valence-electron chi connectivity index (χ3n) is 0.940. The second-order valence-electron chi connectivity index (χ2n) is 1.65. The van der Waals surface area contributed by atoms with Gasteiger partial charge in [0, 0.05) is 21.1 Å².